The van der Waals surface area contributed by atoms with E-state index < -0.39 is 5.97 Å². The summed E-state index contributed by atoms with van der Waals surface area (Å²) in [5, 5.41) is 0. The molecule has 0 radical (unpaired) electrons. The van der Waals surface area contributed by atoms with Gasteiger partial charge in [0.25, 0.3) is 0 Å². The van der Waals surface area contributed by atoms with E-state index in [2.05, 4.69) is 25.3 Å². The highest BCUT2D eigenvalue weighted by atomic mass is 16.6. The van der Waals surface area contributed by atoms with Gasteiger partial charge in [-0.1, -0.05) is 52.5 Å². The lowest BCUT2D eigenvalue weighted by Gasteiger charge is -2.30. The molecule has 230 valence electrons. The molecule has 9 heteroatoms. The zero-order chi connectivity index (χ0) is 29.0. The van der Waals surface area contributed by atoms with Gasteiger partial charge >= 0.3 is 18.0 Å². The molecule has 2 heterocycles. The summed E-state index contributed by atoms with van der Waals surface area (Å²) in [7, 11) is 0. The van der Waals surface area contributed by atoms with Crippen LogP contribution in [0.15, 0.2) is 12.8 Å². The number of piperidine rings is 1. The average molecular weight is 567 g/mol. The Labute approximate surface area is 241 Å². The van der Waals surface area contributed by atoms with Crippen molar-refractivity contribution in [2.45, 2.75) is 103 Å². The van der Waals surface area contributed by atoms with Gasteiger partial charge < -0.3 is 28.7 Å². The Balaban J connectivity index is 1.64. The lowest BCUT2D eigenvalue weighted by molar-refractivity contribution is -0.151. The number of likely N-dealkylation sites (tertiary alicyclic amines) is 2. The van der Waals surface area contributed by atoms with Gasteiger partial charge in [-0.2, -0.15) is 0 Å². The van der Waals surface area contributed by atoms with Crippen molar-refractivity contribution < 1.29 is 33.3 Å². The van der Waals surface area contributed by atoms with Crippen LogP contribution in [0, 0.1) is 11.8 Å². The number of unbranched alkanes of at least 4 members (excludes halogenated alkanes) is 5. The molecule has 2 saturated heterocycles. The van der Waals surface area contributed by atoms with Crippen LogP contribution < -0.4 is 0 Å². The number of hydrogen-bond donors (Lipinski definition) is 0. The van der Waals surface area contributed by atoms with Crippen molar-refractivity contribution >= 4 is 18.0 Å². The second kappa shape index (κ2) is 20.6. The fourth-order valence-electron chi connectivity index (χ4n) is 5.25. The molecule has 9 nitrogen and oxygen atoms in total. The molecule has 0 N–H and O–H groups in total. The van der Waals surface area contributed by atoms with Crippen LogP contribution in [-0.4, -0.2) is 86.5 Å². The Morgan fingerprint density at radius 2 is 1.65 bits per heavy atom. The molecule has 0 saturated carbocycles. The van der Waals surface area contributed by atoms with E-state index in [0.29, 0.717) is 19.6 Å². The van der Waals surface area contributed by atoms with Gasteiger partial charge in [0, 0.05) is 25.4 Å². The third-order valence-electron chi connectivity index (χ3n) is 7.89. The molecule has 2 aliphatic heterocycles. The smallest absolute Gasteiger partial charge is 0.410 e. The molecule has 0 aromatic carbocycles. The topological polar surface area (TPSA) is 94.6 Å². The Hall–Kier alpha value is -2.29. The number of carbonyl (C=O) groups is 3. The van der Waals surface area contributed by atoms with Gasteiger partial charge in [-0.25, -0.2) is 4.79 Å². The first-order valence-electron chi connectivity index (χ1n) is 15.6. The maximum absolute atomic E-state index is 12.7. The standard InChI is InChI=1S/C31H54N2O7/c1-4-6-7-8-9-10-14-29(34)39-24-27(23-37-5-2)22-30(35)40-25-28-13-11-18-33(28)31(36)38-21-12-17-32-19-15-26(3)16-20-32/h5,26-28H,2,4,6-25H2,1,3H3. The van der Waals surface area contributed by atoms with E-state index in [9.17, 15) is 14.4 Å². The van der Waals surface area contributed by atoms with Gasteiger partial charge in [-0.05, 0) is 57.5 Å². The van der Waals surface area contributed by atoms with Crippen molar-refractivity contribution in [3.05, 3.63) is 12.8 Å². The van der Waals surface area contributed by atoms with Crippen molar-refractivity contribution in [2.24, 2.45) is 11.8 Å². The molecule has 2 aliphatic rings. The molecule has 1 amide bonds. The molecular formula is C31H54N2O7. The van der Waals surface area contributed by atoms with Gasteiger partial charge in [-0.15, -0.1) is 0 Å². The molecule has 2 rings (SSSR count). The zero-order valence-electron chi connectivity index (χ0n) is 25.1. The van der Waals surface area contributed by atoms with Crippen LogP contribution in [0.2, 0.25) is 0 Å². The van der Waals surface area contributed by atoms with Crippen molar-refractivity contribution in [1.29, 1.82) is 0 Å². The summed E-state index contributed by atoms with van der Waals surface area (Å²) in [5.74, 6) is -0.176. The van der Waals surface area contributed by atoms with E-state index in [1.807, 2.05) is 0 Å². The molecule has 2 fully saturated rings. The third kappa shape index (κ3) is 14.4. The monoisotopic (exact) mass is 566 g/mol. The normalized spacial score (nSPS) is 18.8. The molecule has 0 aliphatic carbocycles. The zero-order valence-corrected chi connectivity index (χ0v) is 25.1. The van der Waals surface area contributed by atoms with Crippen LogP contribution in [0.4, 0.5) is 4.79 Å². The molecule has 2 atom stereocenters. The van der Waals surface area contributed by atoms with Crippen LogP contribution in [0.1, 0.15) is 97.3 Å². The van der Waals surface area contributed by atoms with Gasteiger partial charge in [0.05, 0.1) is 38.5 Å². The Morgan fingerprint density at radius 1 is 0.900 bits per heavy atom. The highest BCUT2D eigenvalue weighted by Crippen LogP contribution is 2.20. The van der Waals surface area contributed by atoms with Crippen LogP contribution in [-0.2, 0) is 28.5 Å². The highest BCUT2D eigenvalue weighted by Gasteiger charge is 2.31. The fourth-order valence-corrected chi connectivity index (χ4v) is 5.25. The summed E-state index contributed by atoms with van der Waals surface area (Å²) in [4.78, 5) is 41.5. The lowest BCUT2D eigenvalue weighted by atomic mass is 9.99. The number of nitrogens with zero attached hydrogens (tertiary/aromatic N) is 2. The first-order chi connectivity index (χ1) is 19.4. The molecule has 0 bridgehead atoms. The molecular weight excluding hydrogens is 512 g/mol. The first-order valence-corrected chi connectivity index (χ1v) is 15.6. The number of carbonyl (C=O) groups excluding carboxylic acids is 3. The predicted molar refractivity (Wildman–Crippen MR) is 155 cm³/mol. The summed E-state index contributed by atoms with van der Waals surface area (Å²) in [6.45, 7) is 12.7. The number of ether oxygens (including phenoxy) is 4. The highest BCUT2D eigenvalue weighted by molar-refractivity contribution is 5.71. The van der Waals surface area contributed by atoms with Crippen molar-refractivity contribution in [3.63, 3.8) is 0 Å². The van der Waals surface area contributed by atoms with E-state index in [0.717, 1.165) is 64.1 Å². The number of amides is 1. The van der Waals surface area contributed by atoms with Crippen molar-refractivity contribution in [3.8, 4) is 0 Å². The first kappa shape index (κ1) is 33.9. The van der Waals surface area contributed by atoms with Crippen molar-refractivity contribution in [2.75, 3.05) is 52.6 Å². The quantitative estimate of drug-likeness (QED) is 0.0800. The largest absolute Gasteiger partial charge is 0.501 e. The Kier molecular flexibility index (Phi) is 17.4. The predicted octanol–water partition coefficient (Wildman–Crippen LogP) is 5.71. The molecule has 0 spiro atoms. The average Bonchev–Trinajstić information content (AvgIpc) is 3.43. The summed E-state index contributed by atoms with van der Waals surface area (Å²) in [6, 6.07) is -0.182. The second-order valence-corrected chi connectivity index (χ2v) is 11.4. The van der Waals surface area contributed by atoms with E-state index in [1.165, 1.54) is 38.4 Å². The number of rotatable bonds is 20. The van der Waals surface area contributed by atoms with E-state index in [1.54, 1.807) is 4.90 Å². The Bertz CT molecular complexity index is 739. The molecule has 0 aromatic rings. The Morgan fingerprint density at radius 3 is 2.40 bits per heavy atom. The van der Waals surface area contributed by atoms with Crippen LogP contribution in [0.5, 0.6) is 0 Å². The molecule has 0 aromatic heterocycles. The summed E-state index contributed by atoms with van der Waals surface area (Å²) < 4.78 is 21.8. The van der Waals surface area contributed by atoms with Gasteiger partial charge in [-0.3, -0.25) is 9.59 Å². The maximum Gasteiger partial charge on any atom is 0.410 e. The van der Waals surface area contributed by atoms with E-state index in [4.69, 9.17) is 18.9 Å². The molecule has 40 heavy (non-hydrogen) atoms. The summed E-state index contributed by atoms with van der Waals surface area (Å²) in [5.41, 5.74) is 0. The van der Waals surface area contributed by atoms with Crippen molar-refractivity contribution in [1.82, 2.24) is 9.80 Å². The summed E-state index contributed by atoms with van der Waals surface area (Å²) >= 11 is 0. The van der Waals surface area contributed by atoms with Crippen LogP contribution in [0.25, 0.3) is 0 Å². The van der Waals surface area contributed by atoms with Crippen LogP contribution in [0.3, 0.4) is 0 Å². The van der Waals surface area contributed by atoms with Gasteiger partial charge in [0.1, 0.15) is 6.61 Å². The minimum absolute atomic E-state index is 0.0601. The minimum atomic E-state index is -0.402. The fraction of sp³-hybridized carbons (Fsp3) is 0.839. The number of hydrogen-bond acceptors (Lipinski definition) is 8. The van der Waals surface area contributed by atoms with Crippen LogP contribution >= 0.6 is 0 Å². The molecule has 2 unspecified atom stereocenters. The lowest BCUT2D eigenvalue weighted by Crippen LogP contribution is -2.39. The SMILES string of the molecule is C=COCC(COC(=O)CCCCCCCC)CC(=O)OCC1CCCN1C(=O)OCCCN1CCC(C)CC1. The van der Waals surface area contributed by atoms with E-state index in [-0.39, 0.29) is 50.3 Å². The minimum Gasteiger partial charge on any atom is -0.501 e. The van der Waals surface area contributed by atoms with Gasteiger partial charge in [0.2, 0.25) is 0 Å². The number of esters is 2. The summed E-state index contributed by atoms with van der Waals surface area (Å²) in [6.07, 6.45) is 12.9. The third-order valence-corrected chi connectivity index (χ3v) is 7.89. The van der Waals surface area contributed by atoms with Gasteiger partial charge in [0.15, 0.2) is 0 Å². The van der Waals surface area contributed by atoms with E-state index >= 15 is 0 Å². The second-order valence-electron chi connectivity index (χ2n) is 11.4. The maximum atomic E-state index is 12.7.